The monoisotopic (exact) mass is 341 g/mol. The topological polar surface area (TPSA) is 16.2 Å². The van der Waals surface area contributed by atoms with Crippen molar-refractivity contribution in [1.82, 2.24) is 24.7 Å². The highest BCUT2D eigenvalue weighted by atomic mass is 15.6. The maximum atomic E-state index is 2.63. The van der Waals surface area contributed by atoms with Gasteiger partial charge in [-0.05, 0) is 48.6 Å². The molecule has 0 aliphatic carbocycles. The zero-order chi connectivity index (χ0) is 18.5. The molecule has 1 heterocycles. The minimum absolute atomic E-state index is 0.223. The fraction of sp³-hybridized carbons (Fsp3) is 1.00. The first kappa shape index (κ1) is 21.8. The van der Waals surface area contributed by atoms with Crippen molar-refractivity contribution in [3.05, 3.63) is 0 Å². The summed E-state index contributed by atoms with van der Waals surface area (Å²) < 4.78 is 0. The highest BCUT2D eigenvalue weighted by Crippen LogP contribution is 2.16. The molecule has 1 rings (SSSR count). The van der Waals surface area contributed by atoms with Crippen LogP contribution in [0.4, 0.5) is 0 Å². The van der Waals surface area contributed by atoms with Gasteiger partial charge in [0.05, 0.1) is 0 Å². The van der Waals surface area contributed by atoms with E-state index in [4.69, 9.17) is 0 Å². The van der Waals surface area contributed by atoms with Crippen LogP contribution in [-0.2, 0) is 0 Å². The number of likely N-dealkylation sites (N-methyl/N-ethyl adjacent to an activating group) is 1. The summed E-state index contributed by atoms with van der Waals surface area (Å²) in [4.78, 5) is 7.75. The molecule has 0 aromatic heterocycles. The minimum atomic E-state index is 0.223. The van der Waals surface area contributed by atoms with E-state index >= 15 is 0 Å². The van der Waals surface area contributed by atoms with Gasteiger partial charge in [-0.2, -0.15) is 0 Å². The van der Waals surface area contributed by atoms with Gasteiger partial charge in [-0.15, -0.1) is 0 Å². The lowest BCUT2D eigenvalue weighted by atomic mass is 10.1. The largest absolute Gasteiger partial charge is 0.304 e. The Morgan fingerprint density at radius 3 is 1.21 bits per heavy atom. The molecule has 1 aliphatic heterocycles. The fourth-order valence-electron chi connectivity index (χ4n) is 3.24. The van der Waals surface area contributed by atoms with E-state index < -0.39 is 0 Å². The Kier molecular flexibility index (Phi) is 8.14. The van der Waals surface area contributed by atoms with Gasteiger partial charge in [0.25, 0.3) is 0 Å². The SMILES string of the molecule is CN1CCN(C(C)(C)C)CCN(N(C)C)CCN(C(C)(C)C)CC1. The molecule has 24 heavy (non-hydrogen) atoms. The zero-order valence-corrected chi connectivity index (χ0v) is 17.9. The van der Waals surface area contributed by atoms with Crippen LogP contribution < -0.4 is 0 Å². The third-order valence-corrected chi connectivity index (χ3v) is 5.22. The lowest BCUT2D eigenvalue weighted by Crippen LogP contribution is -2.54. The summed E-state index contributed by atoms with van der Waals surface area (Å²) in [5, 5.41) is 4.75. The van der Waals surface area contributed by atoms with E-state index in [2.05, 4.69) is 87.4 Å². The van der Waals surface area contributed by atoms with Gasteiger partial charge in [0.2, 0.25) is 0 Å². The summed E-state index contributed by atoms with van der Waals surface area (Å²) in [7, 11) is 6.60. The summed E-state index contributed by atoms with van der Waals surface area (Å²) in [6.07, 6.45) is 0. The van der Waals surface area contributed by atoms with E-state index in [-0.39, 0.29) is 11.1 Å². The number of rotatable bonds is 1. The van der Waals surface area contributed by atoms with Crippen molar-refractivity contribution in [2.24, 2.45) is 0 Å². The van der Waals surface area contributed by atoms with Crippen molar-refractivity contribution in [3.8, 4) is 0 Å². The van der Waals surface area contributed by atoms with Crippen LogP contribution in [0, 0.1) is 0 Å². The number of hydrogen-bond acceptors (Lipinski definition) is 5. The van der Waals surface area contributed by atoms with Crippen molar-refractivity contribution >= 4 is 0 Å². The van der Waals surface area contributed by atoms with Crippen LogP contribution in [-0.4, -0.2) is 109 Å². The first-order chi connectivity index (χ1) is 10.9. The van der Waals surface area contributed by atoms with E-state index in [1.165, 1.54) is 0 Å². The van der Waals surface area contributed by atoms with Gasteiger partial charge in [0, 0.05) is 77.5 Å². The van der Waals surface area contributed by atoms with Crippen LogP contribution in [0.3, 0.4) is 0 Å². The molecule has 0 N–H and O–H groups in total. The Labute approximate surface area is 151 Å². The average Bonchev–Trinajstić information content (AvgIpc) is 2.39. The van der Waals surface area contributed by atoms with Crippen LogP contribution >= 0.6 is 0 Å². The molecule has 1 saturated heterocycles. The standard InChI is InChI=1S/C19H43N5/c1-18(2,3)22-12-10-21(9)11-13-23(19(4,5)6)15-17-24(16-14-22)20(7)8/h10-17H2,1-9H3. The Bertz CT molecular complexity index is 326. The van der Waals surface area contributed by atoms with E-state index in [0.717, 1.165) is 52.4 Å². The van der Waals surface area contributed by atoms with Gasteiger partial charge in [-0.3, -0.25) is 9.80 Å². The molecule has 0 bridgehead atoms. The third kappa shape index (κ3) is 7.36. The molecule has 5 nitrogen and oxygen atoms in total. The first-order valence-electron chi connectivity index (χ1n) is 9.52. The highest BCUT2D eigenvalue weighted by molar-refractivity contribution is 4.81. The van der Waals surface area contributed by atoms with Crippen molar-refractivity contribution in [2.45, 2.75) is 52.6 Å². The Morgan fingerprint density at radius 2 is 0.917 bits per heavy atom. The van der Waals surface area contributed by atoms with E-state index in [1.54, 1.807) is 0 Å². The Hall–Kier alpha value is -0.200. The van der Waals surface area contributed by atoms with Crippen molar-refractivity contribution in [3.63, 3.8) is 0 Å². The van der Waals surface area contributed by atoms with Crippen molar-refractivity contribution in [1.29, 1.82) is 0 Å². The molecule has 5 heteroatoms. The molecule has 0 radical (unpaired) electrons. The van der Waals surface area contributed by atoms with Crippen LogP contribution in [0.5, 0.6) is 0 Å². The van der Waals surface area contributed by atoms with Crippen LogP contribution in [0.1, 0.15) is 41.5 Å². The number of hydrazine groups is 1. The summed E-state index contributed by atoms with van der Waals surface area (Å²) >= 11 is 0. The summed E-state index contributed by atoms with van der Waals surface area (Å²) in [6, 6.07) is 0. The second-order valence-corrected chi connectivity index (χ2v) is 9.42. The normalized spacial score (nSPS) is 23.2. The molecular formula is C19H43N5. The molecule has 1 aliphatic rings. The summed E-state index contributed by atoms with van der Waals surface area (Å²) in [6.45, 7) is 23.0. The molecule has 0 aromatic rings. The predicted octanol–water partition coefficient (Wildman–Crippen LogP) is 1.91. The maximum absolute atomic E-state index is 2.63. The Morgan fingerprint density at radius 1 is 0.583 bits per heavy atom. The van der Waals surface area contributed by atoms with Crippen LogP contribution in [0.2, 0.25) is 0 Å². The lowest BCUT2D eigenvalue weighted by Gasteiger charge is -2.42. The Balaban J connectivity index is 2.86. The quantitative estimate of drug-likeness (QED) is 0.722. The molecule has 0 aromatic carbocycles. The maximum Gasteiger partial charge on any atom is 0.0261 e. The van der Waals surface area contributed by atoms with Crippen LogP contribution in [0.25, 0.3) is 0 Å². The smallest absolute Gasteiger partial charge is 0.0261 e. The van der Waals surface area contributed by atoms with Gasteiger partial charge in [-0.1, -0.05) is 0 Å². The van der Waals surface area contributed by atoms with E-state index in [9.17, 15) is 0 Å². The van der Waals surface area contributed by atoms with Gasteiger partial charge in [-0.25, -0.2) is 10.0 Å². The summed E-state index contributed by atoms with van der Waals surface area (Å²) in [5.74, 6) is 0. The van der Waals surface area contributed by atoms with Gasteiger partial charge >= 0.3 is 0 Å². The van der Waals surface area contributed by atoms with Gasteiger partial charge in [0.15, 0.2) is 0 Å². The first-order valence-corrected chi connectivity index (χ1v) is 9.52. The predicted molar refractivity (Wildman–Crippen MR) is 105 cm³/mol. The molecule has 0 saturated carbocycles. The average molecular weight is 342 g/mol. The van der Waals surface area contributed by atoms with E-state index in [1.807, 2.05) is 0 Å². The highest BCUT2D eigenvalue weighted by Gasteiger charge is 2.26. The van der Waals surface area contributed by atoms with Crippen molar-refractivity contribution < 1.29 is 0 Å². The van der Waals surface area contributed by atoms with Crippen molar-refractivity contribution in [2.75, 3.05) is 73.5 Å². The molecule has 144 valence electrons. The molecule has 0 amide bonds. The van der Waals surface area contributed by atoms with Gasteiger partial charge in [0.1, 0.15) is 0 Å². The molecule has 1 fully saturated rings. The molecular weight excluding hydrogens is 298 g/mol. The second kappa shape index (κ2) is 8.95. The fourth-order valence-corrected chi connectivity index (χ4v) is 3.24. The van der Waals surface area contributed by atoms with Crippen LogP contribution in [0.15, 0.2) is 0 Å². The summed E-state index contributed by atoms with van der Waals surface area (Å²) in [5.41, 5.74) is 0.445. The lowest BCUT2D eigenvalue weighted by molar-refractivity contribution is -0.0153. The molecule has 0 atom stereocenters. The van der Waals surface area contributed by atoms with E-state index in [0.29, 0.717) is 0 Å². The van der Waals surface area contributed by atoms with Gasteiger partial charge < -0.3 is 4.90 Å². The molecule has 0 unspecified atom stereocenters. The zero-order valence-electron chi connectivity index (χ0n) is 17.9. The second-order valence-electron chi connectivity index (χ2n) is 9.42. The number of nitrogens with zero attached hydrogens (tertiary/aromatic N) is 5. The minimum Gasteiger partial charge on any atom is -0.304 e. The molecule has 0 spiro atoms. The number of hydrogen-bond donors (Lipinski definition) is 0. The third-order valence-electron chi connectivity index (χ3n) is 5.22.